The fraction of sp³-hybridized carbons (Fsp3) is 0.250. The zero-order valence-corrected chi connectivity index (χ0v) is 21.0. The molecular formula is C28H28N6OS. The molecule has 182 valence electrons. The Hall–Kier alpha value is -3.75. The van der Waals surface area contributed by atoms with E-state index in [9.17, 15) is 0 Å². The van der Waals surface area contributed by atoms with E-state index in [1.807, 2.05) is 35.2 Å². The van der Waals surface area contributed by atoms with Crippen LogP contribution in [0.4, 0.5) is 5.82 Å². The lowest BCUT2D eigenvalue weighted by molar-refractivity contribution is 0.211. The number of hydrogen-bond acceptors (Lipinski definition) is 7. The maximum atomic E-state index is 5.33. The number of likely N-dealkylation sites (tertiary alicyclic amines) is 1. The van der Waals surface area contributed by atoms with E-state index in [1.54, 1.807) is 18.4 Å². The Kier molecular flexibility index (Phi) is 6.36. The third-order valence-corrected chi connectivity index (χ3v) is 7.38. The molecule has 0 aliphatic carbocycles. The number of nitrogens with one attached hydrogen (secondary N) is 1. The Morgan fingerprint density at radius 2 is 1.81 bits per heavy atom. The number of hydrogen-bond donors (Lipinski definition) is 1. The molecule has 0 atom stereocenters. The van der Waals surface area contributed by atoms with Crippen molar-refractivity contribution in [1.82, 2.24) is 24.4 Å². The van der Waals surface area contributed by atoms with E-state index in [4.69, 9.17) is 19.7 Å². The summed E-state index contributed by atoms with van der Waals surface area (Å²) in [6.07, 6.45) is 3.95. The molecule has 6 rings (SSSR count). The zero-order chi connectivity index (χ0) is 24.3. The van der Waals surface area contributed by atoms with Crippen LogP contribution < -0.4 is 10.1 Å². The molecule has 5 aromatic rings. The number of fused-ring (bicyclic) bond motifs is 1. The Bertz CT molecular complexity index is 1420. The van der Waals surface area contributed by atoms with E-state index >= 15 is 0 Å². The first-order valence-corrected chi connectivity index (χ1v) is 13.2. The van der Waals surface area contributed by atoms with Crippen molar-refractivity contribution in [1.29, 1.82) is 0 Å². The van der Waals surface area contributed by atoms with E-state index in [2.05, 4.69) is 57.4 Å². The second kappa shape index (κ2) is 10.1. The number of methoxy groups -OCH3 is 1. The molecule has 0 spiro atoms. The summed E-state index contributed by atoms with van der Waals surface area (Å²) in [6, 6.07) is 21.0. The van der Waals surface area contributed by atoms with Gasteiger partial charge in [-0.25, -0.2) is 15.0 Å². The molecule has 2 aromatic carbocycles. The van der Waals surface area contributed by atoms with Crippen molar-refractivity contribution >= 4 is 28.3 Å². The van der Waals surface area contributed by atoms with Gasteiger partial charge < -0.3 is 10.1 Å². The van der Waals surface area contributed by atoms with Crippen LogP contribution in [0.5, 0.6) is 5.75 Å². The third-order valence-electron chi connectivity index (χ3n) is 6.71. The van der Waals surface area contributed by atoms with Crippen LogP contribution in [0, 0.1) is 0 Å². The van der Waals surface area contributed by atoms with Gasteiger partial charge in [0, 0.05) is 36.6 Å². The van der Waals surface area contributed by atoms with Crippen molar-refractivity contribution in [3.05, 3.63) is 83.3 Å². The van der Waals surface area contributed by atoms with Crippen molar-refractivity contribution in [2.75, 3.05) is 25.5 Å². The quantitative estimate of drug-likeness (QED) is 0.315. The molecule has 7 nitrogen and oxygen atoms in total. The summed E-state index contributed by atoms with van der Waals surface area (Å²) in [5.74, 6) is 2.27. The molecule has 4 heterocycles. The Morgan fingerprint density at radius 3 is 2.53 bits per heavy atom. The molecule has 1 saturated heterocycles. The van der Waals surface area contributed by atoms with E-state index in [1.165, 1.54) is 5.56 Å². The number of anilines is 1. The van der Waals surface area contributed by atoms with Crippen LogP contribution in [0.1, 0.15) is 18.4 Å². The van der Waals surface area contributed by atoms with Crippen molar-refractivity contribution in [2.24, 2.45) is 0 Å². The van der Waals surface area contributed by atoms with Gasteiger partial charge in [-0.3, -0.25) is 9.47 Å². The van der Waals surface area contributed by atoms with Gasteiger partial charge in [-0.1, -0.05) is 30.3 Å². The lowest BCUT2D eigenvalue weighted by Crippen LogP contribution is -2.38. The van der Waals surface area contributed by atoms with Gasteiger partial charge in [0.15, 0.2) is 22.8 Å². The zero-order valence-electron chi connectivity index (χ0n) is 20.2. The highest BCUT2D eigenvalue weighted by Gasteiger charge is 2.22. The summed E-state index contributed by atoms with van der Waals surface area (Å²) in [5, 5.41) is 7.89. The van der Waals surface area contributed by atoms with Gasteiger partial charge in [0.1, 0.15) is 12.1 Å². The number of ether oxygens (including phenoxy) is 1. The Morgan fingerprint density at radius 1 is 1.00 bits per heavy atom. The Balaban J connectivity index is 1.28. The van der Waals surface area contributed by atoms with E-state index in [-0.39, 0.29) is 0 Å². The summed E-state index contributed by atoms with van der Waals surface area (Å²) < 4.78 is 7.37. The number of nitrogens with zero attached hydrogens (tertiary/aromatic N) is 5. The van der Waals surface area contributed by atoms with Gasteiger partial charge in [0.2, 0.25) is 0 Å². The second-order valence-electron chi connectivity index (χ2n) is 9.07. The SMILES string of the molecule is COc1ccc(-c2nc(NC3CCN(Cc4ccccc4)CC3)c3ncn(-c4ccsc4)c3n2)cc1. The van der Waals surface area contributed by atoms with Crippen LogP contribution >= 0.6 is 11.3 Å². The lowest BCUT2D eigenvalue weighted by atomic mass is 10.0. The first kappa shape index (κ1) is 22.7. The van der Waals surface area contributed by atoms with Gasteiger partial charge >= 0.3 is 0 Å². The predicted molar refractivity (Wildman–Crippen MR) is 145 cm³/mol. The highest BCUT2D eigenvalue weighted by Crippen LogP contribution is 2.29. The first-order chi connectivity index (χ1) is 17.8. The van der Waals surface area contributed by atoms with E-state index < -0.39 is 0 Å². The molecule has 1 aliphatic rings. The maximum absolute atomic E-state index is 5.33. The summed E-state index contributed by atoms with van der Waals surface area (Å²) >= 11 is 1.66. The lowest BCUT2D eigenvalue weighted by Gasteiger charge is -2.32. The monoisotopic (exact) mass is 496 g/mol. The minimum atomic E-state index is 0.338. The minimum absolute atomic E-state index is 0.338. The minimum Gasteiger partial charge on any atom is -0.497 e. The largest absolute Gasteiger partial charge is 0.497 e. The van der Waals surface area contributed by atoms with Gasteiger partial charge in [-0.05, 0) is 54.1 Å². The van der Waals surface area contributed by atoms with Crippen LogP contribution in [0.3, 0.4) is 0 Å². The number of rotatable bonds is 7. The van der Waals surface area contributed by atoms with Crippen LogP contribution in [0.2, 0.25) is 0 Å². The van der Waals surface area contributed by atoms with Gasteiger partial charge in [0.05, 0.1) is 12.8 Å². The van der Waals surface area contributed by atoms with Crippen molar-refractivity contribution in [3.8, 4) is 22.8 Å². The third kappa shape index (κ3) is 4.69. The maximum Gasteiger partial charge on any atom is 0.170 e. The van der Waals surface area contributed by atoms with Gasteiger partial charge in [-0.2, -0.15) is 11.3 Å². The standard InChI is InChI=1S/C28H28N6OS/c1-35-24-9-7-21(8-10-24)26-31-27(25-28(32-26)34(19-29-25)23-13-16-36-18-23)30-22-11-14-33(15-12-22)17-20-5-3-2-4-6-20/h2-10,13,16,18-19,22H,11-12,14-15,17H2,1H3,(H,30,31,32). The molecule has 3 aromatic heterocycles. The molecular weight excluding hydrogens is 468 g/mol. The second-order valence-corrected chi connectivity index (χ2v) is 9.85. The molecule has 0 amide bonds. The molecule has 36 heavy (non-hydrogen) atoms. The average Bonchev–Trinajstić information content (AvgIpc) is 3.61. The summed E-state index contributed by atoms with van der Waals surface area (Å²) in [6.45, 7) is 3.10. The molecule has 8 heteroatoms. The number of benzene rings is 2. The normalized spacial score (nSPS) is 14.8. The van der Waals surface area contributed by atoms with Crippen LogP contribution in [0.15, 0.2) is 77.8 Å². The molecule has 0 saturated carbocycles. The highest BCUT2D eigenvalue weighted by molar-refractivity contribution is 7.08. The number of imidazole rings is 1. The van der Waals surface area contributed by atoms with Crippen LogP contribution in [-0.2, 0) is 6.54 Å². The van der Waals surface area contributed by atoms with Gasteiger partial charge in [-0.15, -0.1) is 0 Å². The molecule has 1 fully saturated rings. The molecule has 0 unspecified atom stereocenters. The molecule has 1 N–H and O–H groups in total. The summed E-state index contributed by atoms with van der Waals surface area (Å²) in [5.41, 5.74) is 4.96. The van der Waals surface area contributed by atoms with Crippen molar-refractivity contribution in [2.45, 2.75) is 25.4 Å². The fourth-order valence-corrected chi connectivity index (χ4v) is 5.35. The van der Waals surface area contributed by atoms with E-state index in [0.717, 1.165) is 66.5 Å². The van der Waals surface area contributed by atoms with Crippen molar-refractivity contribution < 1.29 is 4.74 Å². The molecule has 1 aliphatic heterocycles. The predicted octanol–water partition coefficient (Wildman–Crippen LogP) is 5.63. The molecule has 0 radical (unpaired) electrons. The van der Waals surface area contributed by atoms with Crippen LogP contribution in [0.25, 0.3) is 28.2 Å². The smallest absolute Gasteiger partial charge is 0.170 e. The topological polar surface area (TPSA) is 68.1 Å². The fourth-order valence-electron chi connectivity index (χ4n) is 4.72. The number of thiophene rings is 1. The summed E-state index contributed by atoms with van der Waals surface area (Å²) in [7, 11) is 1.67. The van der Waals surface area contributed by atoms with Gasteiger partial charge in [0.25, 0.3) is 0 Å². The Labute approximate surface area is 214 Å². The van der Waals surface area contributed by atoms with Crippen molar-refractivity contribution in [3.63, 3.8) is 0 Å². The highest BCUT2D eigenvalue weighted by atomic mass is 32.1. The molecule has 0 bridgehead atoms. The summed E-state index contributed by atoms with van der Waals surface area (Å²) in [4.78, 5) is 17.1. The number of aromatic nitrogens is 4. The average molecular weight is 497 g/mol. The van der Waals surface area contributed by atoms with Crippen LogP contribution in [-0.4, -0.2) is 50.7 Å². The van der Waals surface area contributed by atoms with E-state index in [0.29, 0.717) is 11.9 Å². The first-order valence-electron chi connectivity index (χ1n) is 12.2. The number of piperidine rings is 1.